The lowest BCUT2D eigenvalue weighted by Crippen LogP contribution is -2.36. The topological polar surface area (TPSA) is 38.8 Å². The smallest absolute Gasteiger partial charge is 0.338 e. The average molecular weight is 324 g/mol. The van der Waals surface area contributed by atoms with Gasteiger partial charge in [-0.3, -0.25) is 0 Å². The van der Waals surface area contributed by atoms with Gasteiger partial charge in [0, 0.05) is 11.0 Å². The number of fused-ring (bicyclic) bond motifs is 1. The van der Waals surface area contributed by atoms with E-state index in [0.29, 0.717) is 18.3 Å². The second-order valence-electron chi connectivity index (χ2n) is 7.08. The van der Waals surface area contributed by atoms with Crippen LogP contribution in [-0.4, -0.2) is 24.3 Å². The zero-order valence-corrected chi connectivity index (χ0v) is 14.6. The lowest BCUT2D eigenvalue weighted by Gasteiger charge is -2.33. The summed E-state index contributed by atoms with van der Waals surface area (Å²) in [4.78, 5) is 11.8. The zero-order valence-electron chi connectivity index (χ0n) is 14.6. The number of allylic oxidation sites excluding steroid dienone is 1. The molecule has 2 aliphatic rings. The summed E-state index contributed by atoms with van der Waals surface area (Å²) in [5.41, 5.74) is 1.37. The zero-order chi connectivity index (χ0) is 17.2. The molecule has 1 saturated heterocycles. The monoisotopic (exact) mass is 324 g/mol. The van der Waals surface area contributed by atoms with Crippen molar-refractivity contribution in [1.82, 2.24) is 0 Å². The molecule has 3 nitrogen and oxygen atoms in total. The number of esters is 1. The number of carbonyl (C=O) groups is 1. The van der Waals surface area contributed by atoms with Crippen LogP contribution in [0.25, 0.3) is 0 Å². The molecule has 2 atom stereocenters. The molecule has 2 fully saturated rings. The second-order valence-corrected chi connectivity index (χ2v) is 7.08. The van der Waals surface area contributed by atoms with E-state index < -0.39 is 0 Å². The molecule has 1 aromatic rings. The number of hydrogen-bond acceptors (Lipinski definition) is 3. The molecule has 1 aliphatic heterocycles. The van der Waals surface area contributed by atoms with Crippen LogP contribution in [0.1, 0.15) is 56.0 Å². The maximum Gasteiger partial charge on any atom is 0.338 e. The van der Waals surface area contributed by atoms with Crippen molar-refractivity contribution in [2.75, 3.05) is 6.61 Å². The van der Waals surface area contributed by atoms with E-state index in [0.717, 1.165) is 12.0 Å². The van der Waals surface area contributed by atoms with Gasteiger partial charge in [-0.05, 0) is 50.1 Å². The molecule has 0 bridgehead atoms. The highest BCUT2D eigenvalue weighted by atomic mass is 16.6. The summed E-state index contributed by atoms with van der Waals surface area (Å²) in [5, 5.41) is 0. The molecule has 1 aromatic carbocycles. The molecule has 0 N–H and O–H groups in total. The van der Waals surface area contributed by atoms with E-state index in [9.17, 15) is 4.79 Å². The lowest BCUT2D eigenvalue weighted by atomic mass is 9.68. The first-order chi connectivity index (χ1) is 11.5. The van der Waals surface area contributed by atoms with Crippen molar-refractivity contribution in [3.8, 4) is 11.8 Å². The fourth-order valence-corrected chi connectivity index (χ4v) is 3.60. The highest BCUT2D eigenvalue weighted by Crippen LogP contribution is 2.58. The highest BCUT2D eigenvalue weighted by Gasteiger charge is 2.64. The van der Waals surface area contributed by atoms with Gasteiger partial charge in [0.05, 0.1) is 18.3 Å². The van der Waals surface area contributed by atoms with Gasteiger partial charge < -0.3 is 9.47 Å². The summed E-state index contributed by atoms with van der Waals surface area (Å²) < 4.78 is 11.0. The Bertz CT molecular complexity index is 720. The van der Waals surface area contributed by atoms with E-state index in [1.54, 1.807) is 19.1 Å². The SMILES string of the molecule is CCOC(=O)c1cccc(C#CC=CC23OC2CCCC3(C)C)c1. The molecule has 1 saturated carbocycles. The van der Waals surface area contributed by atoms with Crippen LogP contribution < -0.4 is 0 Å². The van der Waals surface area contributed by atoms with Crippen LogP contribution >= 0.6 is 0 Å². The maximum atomic E-state index is 11.8. The first kappa shape index (κ1) is 16.8. The van der Waals surface area contributed by atoms with Crippen LogP contribution in [0, 0.1) is 17.3 Å². The summed E-state index contributed by atoms with van der Waals surface area (Å²) in [6.45, 7) is 6.71. The molecule has 0 aromatic heterocycles. The Morgan fingerprint density at radius 3 is 3.04 bits per heavy atom. The van der Waals surface area contributed by atoms with Crippen molar-refractivity contribution in [2.24, 2.45) is 5.41 Å². The van der Waals surface area contributed by atoms with E-state index in [1.165, 1.54) is 12.8 Å². The Labute approximate surface area is 144 Å². The van der Waals surface area contributed by atoms with Gasteiger partial charge in [0.2, 0.25) is 0 Å². The Balaban J connectivity index is 1.70. The van der Waals surface area contributed by atoms with Crippen LogP contribution in [0.15, 0.2) is 36.4 Å². The lowest BCUT2D eigenvalue weighted by molar-refractivity contribution is 0.0526. The number of carbonyl (C=O) groups excluding carboxylic acids is 1. The van der Waals surface area contributed by atoms with E-state index in [2.05, 4.69) is 31.8 Å². The van der Waals surface area contributed by atoms with E-state index in [1.807, 2.05) is 18.2 Å². The third-order valence-electron chi connectivity index (χ3n) is 5.09. The van der Waals surface area contributed by atoms with Crippen LogP contribution in [0.4, 0.5) is 0 Å². The third kappa shape index (κ3) is 3.12. The van der Waals surface area contributed by atoms with Crippen LogP contribution in [-0.2, 0) is 9.47 Å². The van der Waals surface area contributed by atoms with E-state index >= 15 is 0 Å². The number of epoxide rings is 1. The quantitative estimate of drug-likeness (QED) is 0.477. The van der Waals surface area contributed by atoms with Crippen molar-refractivity contribution >= 4 is 5.97 Å². The van der Waals surface area contributed by atoms with E-state index in [4.69, 9.17) is 9.47 Å². The van der Waals surface area contributed by atoms with Gasteiger partial charge in [-0.2, -0.15) is 0 Å². The summed E-state index contributed by atoms with van der Waals surface area (Å²) in [5.74, 6) is 5.85. The molecule has 3 rings (SSSR count). The van der Waals surface area contributed by atoms with Crippen molar-refractivity contribution < 1.29 is 14.3 Å². The predicted molar refractivity (Wildman–Crippen MR) is 93.7 cm³/mol. The van der Waals surface area contributed by atoms with Crippen molar-refractivity contribution in [2.45, 2.75) is 51.7 Å². The van der Waals surface area contributed by atoms with Crippen LogP contribution in [0.3, 0.4) is 0 Å². The summed E-state index contributed by atoms with van der Waals surface area (Å²) in [6, 6.07) is 7.22. The number of hydrogen-bond donors (Lipinski definition) is 0. The van der Waals surface area contributed by atoms with Crippen LogP contribution in [0.2, 0.25) is 0 Å². The molecule has 126 valence electrons. The molecule has 1 aliphatic carbocycles. The van der Waals surface area contributed by atoms with E-state index in [-0.39, 0.29) is 17.0 Å². The van der Waals surface area contributed by atoms with Crippen molar-refractivity contribution in [3.63, 3.8) is 0 Å². The summed E-state index contributed by atoms with van der Waals surface area (Å²) in [6.07, 6.45) is 7.93. The molecule has 1 heterocycles. The standard InChI is InChI=1S/C21H24O3/c1-4-23-19(22)17-11-7-10-16(15-17)9-5-6-14-21-18(24-21)12-8-13-20(21,2)3/h6-7,10-11,14-15,18H,4,8,12-13H2,1-3H3. The Hall–Kier alpha value is -2.05. The van der Waals surface area contributed by atoms with Gasteiger partial charge in [-0.15, -0.1) is 0 Å². The van der Waals surface area contributed by atoms with Gasteiger partial charge in [0.25, 0.3) is 0 Å². The minimum absolute atomic E-state index is 0.132. The van der Waals surface area contributed by atoms with Gasteiger partial charge in [0.1, 0.15) is 5.60 Å². The Kier molecular flexibility index (Phi) is 4.51. The fourth-order valence-electron chi connectivity index (χ4n) is 3.60. The average Bonchev–Trinajstić information content (AvgIpc) is 3.28. The molecule has 3 heteroatoms. The fraction of sp³-hybridized carbons (Fsp3) is 0.476. The summed E-state index contributed by atoms with van der Waals surface area (Å²) in [7, 11) is 0. The normalized spacial score (nSPS) is 27.0. The first-order valence-electron chi connectivity index (χ1n) is 8.63. The highest BCUT2D eigenvalue weighted by molar-refractivity contribution is 5.89. The molecule has 0 radical (unpaired) electrons. The number of rotatable bonds is 3. The molecular weight excluding hydrogens is 300 g/mol. The Morgan fingerprint density at radius 1 is 1.46 bits per heavy atom. The minimum atomic E-state index is -0.311. The largest absolute Gasteiger partial charge is 0.462 e. The first-order valence-corrected chi connectivity index (χ1v) is 8.63. The molecular formula is C21H24O3. The predicted octanol–water partition coefficient (Wildman–Crippen LogP) is 4.12. The second kappa shape index (κ2) is 6.45. The van der Waals surface area contributed by atoms with Crippen molar-refractivity contribution in [1.29, 1.82) is 0 Å². The summed E-state index contributed by atoms with van der Waals surface area (Å²) >= 11 is 0. The maximum absolute atomic E-state index is 11.8. The molecule has 0 amide bonds. The van der Waals surface area contributed by atoms with Gasteiger partial charge in [-0.1, -0.05) is 38.2 Å². The minimum Gasteiger partial charge on any atom is -0.462 e. The Morgan fingerprint density at radius 2 is 2.29 bits per heavy atom. The molecule has 24 heavy (non-hydrogen) atoms. The van der Waals surface area contributed by atoms with Gasteiger partial charge in [-0.25, -0.2) is 4.79 Å². The molecule has 2 unspecified atom stereocenters. The van der Waals surface area contributed by atoms with Crippen LogP contribution in [0.5, 0.6) is 0 Å². The van der Waals surface area contributed by atoms with Gasteiger partial charge in [0.15, 0.2) is 0 Å². The third-order valence-corrected chi connectivity index (χ3v) is 5.09. The van der Waals surface area contributed by atoms with Gasteiger partial charge >= 0.3 is 5.97 Å². The number of ether oxygens (including phenoxy) is 2. The van der Waals surface area contributed by atoms with Crippen molar-refractivity contribution in [3.05, 3.63) is 47.5 Å². The number of benzene rings is 1. The molecule has 0 spiro atoms.